The molecule has 0 amide bonds. The van der Waals surface area contributed by atoms with Crippen LogP contribution in [0.5, 0.6) is 5.75 Å². The molecule has 2 aromatic rings. The van der Waals surface area contributed by atoms with Gasteiger partial charge in [-0.15, -0.1) is 0 Å². The normalized spacial score (nSPS) is 11.3. The van der Waals surface area contributed by atoms with E-state index in [1.165, 1.54) is 13.2 Å². The van der Waals surface area contributed by atoms with E-state index in [9.17, 15) is 8.42 Å². The maximum atomic E-state index is 12.2. The van der Waals surface area contributed by atoms with E-state index >= 15 is 0 Å². The van der Waals surface area contributed by atoms with Crippen LogP contribution in [0.15, 0.2) is 45.9 Å². The van der Waals surface area contributed by atoms with Crippen molar-refractivity contribution in [3.63, 3.8) is 0 Å². The zero-order chi connectivity index (χ0) is 15.3. The van der Waals surface area contributed by atoms with Crippen LogP contribution in [0, 0.1) is 0 Å². The summed E-state index contributed by atoms with van der Waals surface area (Å²) in [5, 5.41) is 2.96. The molecule has 0 saturated carbocycles. The summed E-state index contributed by atoms with van der Waals surface area (Å²) < 4.78 is 37.3. The van der Waals surface area contributed by atoms with Crippen LogP contribution >= 0.6 is 0 Å². The fourth-order valence-corrected chi connectivity index (χ4v) is 2.74. The van der Waals surface area contributed by atoms with Gasteiger partial charge in [0, 0.05) is 6.07 Å². The molecule has 6 nitrogen and oxygen atoms in total. The summed E-state index contributed by atoms with van der Waals surface area (Å²) in [6.07, 6.45) is 0. The Balaban J connectivity index is 2.15. The van der Waals surface area contributed by atoms with E-state index in [1.54, 1.807) is 30.3 Å². The molecule has 0 radical (unpaired) electrons. The average Bonchev–Trinajstić information content (AvgIpc) is 2.94. The summed E-state index contributed by atoms with van der Waals surface area (Å²) in [7, 11) is -2.22. The zero-order valence-electron chi connectivity index (χ0n) is 11.9. The Hall–Kier alpha value is -1.99. The first-order valence-electron chi connectivity index (χ1n) is 6.51. The minimum Gasteiger partial charge on any atom is -0.497 e. The van der Waals surface area contributed by atoms with E-state index < -0.39 is 10.0 Å². The molecule has 0 aliphatic heterocycles. The number of rotatable bonds is 7. The van der Waals surface area contributed by atoms with Crippen LogP contribution in [0.2, 0.25) is 0 Å². The van der Waals surface area contributed by atoms with Crippen LogP contribution in [0.3, 0.4) is 0 Å². The summed E-state index contributed by atoms with van der Waals surface area (Å²) in [4.78, 5) is 0. The van der Waals surface area contributed by atoms with Crippen molar-refractivity contribution in [2.45, 2.75) is 18.6 Å². The minimum absolute atomic E-state index is 0.113. The molecular weight excluding hydrogens is 292 g/mol. The second-order valence-corrected chi connectivity index (χ2v) is 5.95. The van der Waals surface area contributed by atoms with E-state index in [2.05, 4.69) is 10.0 Å². The largest absolute Gasteiger partial charge is 0.497 e. The number of furan rings is 1. The lowest BCUT2D eigenvalue weighted by atomic mass is 10.3. The van der Waals surface area contributed by atoms with Crippen LogP contribution in [0.1, 0.15) is 12.7 Å². The number of hydrogen-bond donors (Lipinski definition) is 2. The molecule has 1 aromatic carbocycles. The van der Waals surface area contributed by atoms with Crippen molar-refractivity contribution in [2.75, 3.05) is 18.4 Å². The van der Waals surface area contributed by atoms with Crippen molar-refractivity contribution >= 4 is 15.7 Å². The van der Waals surface area contributed by atoms with Gasteiger partial charge in [-0.05, 0) is 30.8 Å². The van der Waals surface area contributed by atoms with E-state index in [1.807, 2.05) is 6.92 Å². The van der Waals surface area contributed by atoms with Gasteiger partial charge in [0.25, 0.3) is 10.0 Å². The van der Waals surface area contributed by atoms with Crippen molar-refractivity contribution in [2.24, 2.45) is 0 Å². The fraction of sp³-hybridized carbons (Fsp3) is 0.286. The lowest BCUT2D eigenvalue weighted by molar-refractivity contribution is 0.405. The Morgan fingerprint density at radius 1 is 1.24 bits per heavy atom. The molecule has 1 heterocycles. The maximum absolute atomic E-state index is 12.2. The Labute approximate surface area is 124 Å². The molecule has 21 heavy (non-hydrogen) atoms. The molecule has 114 valence electrons. The van der Waals surface area contributed by atoms with Gasteiger partial charge < -0.3 is 14.5 Å². The van der Waals surface area contributed by atoms with Gasteiger partial charge in [0.15, 0.2) is 0 Å². The first-order chi connectivity index (χ1) is 10.0. The van der Waals surface area contributed by atoms with E-state index in [4.69, 9.17) is 9.15 Å². The Morgan fingerprint density at radius 2 is 2.05 bits per heavy atom. The van der Waals surface area contributed by atoms with E-state index in [0.29, 0.717) is 23.7 Å². The van der Waals surface area contributed by atoms with Crippen molar-refractivity contribution in [1.29, 1.82) is 0 Å². The van der Waals surface area contributed by atoms with Gasteiger partial charge in [0.05, 0.1) is 19.3 Å². The lowest BCUT2D eigenvalue weighted by Crippen LogP contribution is -2.13. The van der Waals surface area contributed by atoms with Crippen LogP contribution < -0.4 is 14.8 Å². The van der Waals surface area contributed by atoms with Gasteiger partial charge in [-0.3, -0.25) is 4.72 Å². The second-order valence-electron chi connectivity index (χ2n) is 4.34. The third kappa shape index (κ3) is 3.99. The molecule has 0 saturated heterocycles. The monoisotopic (exact) mass is 310 g/mol. The molecule has 2 rings (SSSR count). The third-order valence-electron chi connectivity index (χ3n) is 2.77. The van der Waals surface area contributed by atoms with Gasteiger partial charge in [-0.2, -0.15) is 8.42 Å². The predicted molar refractivity (Wildman–Crippen MR) is 79.9 cm³/mol. The first-order valence-corrected chi connectivity index (χ1v) is 8.00. The van der Waals surface area contributed by atoms with Crippen LogP contribution in [0.4, 0.5) is 5.69 Å². The van der Waals surface area contributed by atoms with Crippen LogP contribution in [0.25, 0.3) is 0 Å². The Bertz CT molecular complexity index is 695. The molecule has 0 aliphatic rings. The highest BCUT2D eigenvalue weighted by atomic mass is 32.2. The number of benzene rings is 1. The first kappa shape index (κ1) is 15.4. The molecule has 0 unspecified atom stereocenters. The van der Waals surface area contributed by atoms with E-state index in [-0.39, 0.29) is 5.09 Å². The highest BCUT2D eigenvalue weighted by Crippen LogP contribution is 2.21. The van der Waals surface area contributed by atoms with Gasteiger partial charge in [-0.25, -0.2) is 0 Å². The number of ether oxygens (including phenoxy) is 1. The van der Waals surface area contributed by atoms with Crippen molar-refractivity contribution in [3.05, 3.63) is 42.2 Å². The molecule has 0 fully saturated rings. The molecule has 7 heteroatoms. The number of methoxy groups -OCH3 is 1. The number of sulfonamides is 1. The Kier molecular flexibility index (Phi) is 4.87. The molecule has 2 N–H and O–H groups in total. The molecule has 1 aromatic heterocycles. The molecular formula is C14H18N2O4S. The van der Waals surface area contributed by atoms with E-state index in [0.717, 1.165) is 6.54 Å². The Morgan fingerprint density at radius 3 is 2.76 bits per heavy atom. The smallest absolute Gasteiger partial charge is 0.295 e. The van der Waals surface area contributed by atoms with Crippen molar-refractivity contribution in [1.82, 2.24) is 5.32 Å². The van der Waals surface area contributed by atoms with Crippen molar-refractivity contribution in [3.8, 4) is 5.75 Å². The SMILES string of the molecule is CCNCc1ccc(S(=O)(=O)Nc2cccc(OC)c2)o1. The average molecular weight is 310 g/mol. The zero-order valence-corrected chi connectivity index (χ0v) is 12.7. The summed E-state index contributed by atoms with van der Waals surface area (Å²) in [6, 6.07) is 9.76. The standard InChI is InChI=1S/C14H18N2O4S/c1-3-15-10-13-7-8-14(20-13)21(17,18)16-11-5-4-6-12(9-11)19-2/h4-9,15-16H,3,10H2,1-2H3. The topological polar surface area (TPSA) is 80.6 Å². The van der Waals surface area contributed by atoms with Gasteiger partial charge in [-0.1, -0.05) is 13.0 Å². The number of hydrogen-bond acceptors (Lipinski definition) is 5. The minimum atomic E-state index is -3.74. The maximum Gasteiger partial charge on any atom is 0.295 e. The summed E-state index contributed by atoms with van der Waals surface area (Å²) >= 11 is 0. The van der Waals surface area contributed by atoms with Crippen LogP contribution in [-0.4, -0.2) is 22.1 Å². The molecule has 0 spiro atoms. The quantitative estimate of drug-likeness (QED) is 0.819. The van der Waals surface area contributed by atoms with Gasteiger partial charge in [0.1, 0.15) is 11.5 Å². The predicted octanol–water partition coefficient (Wildman–Crippen LogP) is 2.20. The van der Waals surface area contributed by atoms with Gasteiger partial charge >= 0.3 is 0 Å². The van der Waals surface area contributed by atoms with Gasteiger partial charge in [0.2, 0.25) is 5.09 Å². The fourth-order valence-electron chi connectivity index (χ4n) is 1.74. The molecule has 0 bridgehead atoms. The second kappa shape index (κ2) is 6.64. The van der Waals surface area contributed by atoms with Crippen molar-refractivity contribution < 1.29 is 17.6 Å². The third-order valence-corrected chi connectivity index (χ3v) is 4.03. The highest BCUT2D eigenvalue weighted by molar-refractivity contribution is 7.92. The summed E-state index contributed by atoms with van der Waals surface area (Å²) in [5.74, 6) is 1.14. The molecule has 0 aliphatic carbocycles. The number of nitrogens with one attached hydrogen (secondary N) is 2. The number of anilines is 1. The lowest BCUT2D eigenvalue weighted by Gasteiger charge is -2.07. The summed E-state index contributed by atoms with van der Waals surface area (Å²) in [5.41, 5.74) is 0.416. The highest BCUT2D eigenvalue weighted by Gasteiger charge is 2.19. The summed E-state index contributed by atoms with van der Waals surface area (Å²) in [6.45, 7) is 3.24. The molecule has 0 atom stereocenters. The van der Waals surface area contributed by atoms with Crippen LogP contribution in [-0.2, 0) is 16.6 Å².